The highest BCUT2D eigenvalue weighted by atomic mass is 16.5. The first-order valence-corrected chi connectivity index (χ1v) is 14.4. The number of hydrogen-bond donors (Lipinski definition) is 7. The molecule has 1 saturated heterocycles. The van der Waals surface area contributed by atoms with Crippen LogP contribution in [-0.4, -0.2) is 88.1 Å². The highest BCUT2D eigenvalue weighted by Crippen LogP contribution is 2.45. The number of hydrogen-bond acceptors (Lipinski definition) is 11. The normalized spacial score (nSPS) is 27.8. The van der Waals surface area contributed by atoms with Gasteiger partial charge in [-0.15, -0.1) is 0 Å². The van der Waals surface area contributed by atoms with Crippen molar-refractivity contribution < 1.29 is 24.5 Å². The minimum atomic E-state index is -2.60. The first-order chi connectivity index (χ1) is 20.3. The van der Waals surface area contributed by atoms with Crippen LogP contribution in [0.1, 0.15) is 47.3 Å². The monoisotopic (exact) mass is 590 g/mol. The van der Waals surface area contributed by atoms with E-state index in [9.17, 15) is 19.8 Å². The lowest BCUT2D eigenvalue weighted by atomic mass is 9.79. The molecule has 1 fully saturated rings. The molecule has 9 N–H and O–H groups in total. The fourth-order valence-corrected chi connectivity index (χ4v) is 6.61. The van der Waals surface area contributed by atoms with Gasteiger partial charge < -0.3 is 47.3 Å². The summed E-state index contributed by atoms with van der Waals surface area (Å²) < 4.78 is 5.91. The van der Waals surface area contributed by atoms with E-state index in [-0.39, 0.29) is 42.8 Å². The standard InChI is InChI=1S/C30H38N8O5/c1-16-7-9-17(10-8-16)13-22(39)33-14-20-24-29(37-26(31)36-24)30(41,42)21(15-38(29)27(32)34-20)35-25(40)18-5-4-6-19-23(18)43-12-11-28(19,2)3/h4-10,20-21,24,41-42H,11-15H2,1-3H3,(H2,32,34)(H,33,39)(H,35,40)(H3,31,36,37)/t20-,21?,24-,29-/m0/s1. The molecule has 2 aromatic carbocycles. The predicted octanol–water partition coefficient (Wildman–Crippen LogP) is -0.811. The van der Waals surface area contributed by atoms with Crippen molar-refractivity contribution in [2.45, 2.75) is 68.6 Å². The number of guanidine groups is 2. The van der Waals surface area contributed by atoms with Gasteiger partial charge >= 0.3 is 0 Å². The van der Waals surface area contributed by atoms with Crippen molar-refractivity contribution in [3.05, 3.63) is 64.7 Å². The van der Waals surface area contributed by atoms with Crippen molar-refractivity contribution in [1.29, 1.82) is 0 Å². The number of aliphatic imine (C=N–C) groups is 2. The molecule has 4 aliphatic rings. The lowest BCUT2D eigenvalue weighted by Gasteiger charge is -2.49. The van der Waals surface area contributed by atoms with Gasteiger partial charge in [0.1, 0.15) is 17.8 Å². The lowest BCUT2D eigenvalue weighted by Crippen LogP contribution is -2.78. The summed E-state index contributed by atoms with van der Waals surface area (Å²) in [5, 5.41) is 32.1. The Hall–Kier alpha value is -4.36. The van der Waals surface area contributed by atoms with Gasteiger partial charge in [-0.2, -0.15) is 0 Å². The molecule has 4 heterocycles. The van der Waals surface area contributed by atoms with E-state index in [2.05, 4.69) is 39.8 Å². The first kappa shape index (κ1) is 28.7. The van der Waals surface area contributed by atoms with E-state index < -0.39 is 35.5 Å². The zero-order valence-electron chi connectivity index (χ0n) is 24.4. The summed E-state index contributed by atoms with van der Waals surface area (Å²) in [5.41, 5.74) is 13.7. The summed E-state index contributed by atoms with van der Waals surface area (Å²) in [5.74, 6) is -2.91. The van der Waals surface area contributed by atoms with E-state index >= 15 is 0 Å². The zero-order chi connectivity index (χ0) is 30.7. The minimum absolute atomic E-state index is 0.00201. The van der Waals surface area contributed by atoms with E-state index in [0.29, 0.717) is 17.9 Å². The zero-order valence-corrected chi connectivity index (χ0v) is 24.4. The quantitative estimate of drug-likeness (QED) is 0.210. The highest BCUT2D eigenvalue weighted by Gasteiger charge is 2.73. The van der Waals surface area contributed by atoms with Gasteiger partial charge in [0, 0.05) is 18.7 Å². The number of carbonyl (C=O) groups excluding carboxylic acids is 2. The molecular formula is C30H38N8O5. The fourth-order valence-electron chi connectivity index (χ4n) is 6.61. The Morgan fingerprint density at radius 3 is 2.63 bits per heavy atom. The van der Waals surface area contributed by atoms with Crippen molar-refractivity contribution in [3.63, 3.8) is 0 Å². The van der Waals surface area contributed by atoms with Gasteiger partial charge in [0.05, 0.1) is 24.6 Å². The number of rotatable bonds is 6. The molecule has 1 unspecified atom stereocenters. The average molecular weight is 591 g/mol. The molecular weight excluding hydrogens is 552 g/mol. The SMILES string of the molecule is Cc1ccc(CC(=O)NC[C@@H]2N=C(N)N3CC(NC(=O)c4cccc5c4OCCC5(C)C)C(O)(O)[C@@]34NC(N)=N[C@@H]24)cc1. The summed E-state index contributed by atoms with van der Waals surface area (Å²) in [6.07, 6.45) is 0.974. The molecule has 13 heteroatoms. The van der Waals surface area contributed by atoms with Crippen LogP contribution in [0.2, 0.25) is 0 Å². The maximum Gasteiger partial charge on any atom is 0.255 e. The molecule has 4 aliphatic heterocycles. The second-order valence-electron chi connectivity index (χ2n) is 12.4. The minimum Gasteiger partial charge on any atom is -0.492 e. The summed E-state index contributed by atoms with van der Waals surface area (Å²) in [7, 11) is 0. The maximum absolute atomic E-state index is 13.6. The van der Waals surface area contributed by atoms with Gasteiger partial charge in [0.15, 0.2) is 17.6 Å². The van der Waals surface area contributed by atoms with Crippen LogP contribution in [0, 0.1) is 6.92 Å². The molecule has 4 atom stereocenters. The van der Waals surface area contributed by atoms with E-state index in [4.69, 9.17) is 16.2 Å². The van der Waals surface area contributed by atoms with Crippen molar-refractivity contribution in [2.24, 2.45) is 21.5 Å². The Morgan fingerprint density at radius 2 is 1.88 bits per heavy atom. The Bertz CT molecular complexity index is 1520. The Labute approximate surface area is 249 Å². The number of nitrogens with two attached hydrogens (primary N) is 2. The second kappa shape index (κ2) is 10.1. The highest BCUT2D eigenvalue weighted by molar-refractivity contribution is 5.98. The number of para-hydroxylation sites is 1. The third-order valence-corrected chi connectivity index (χ3v) is 9.06. The average Bonchev–Trinajstić information content (AvgIpc) is 3.42. The fraction of sp³-hybridized carbons (Fsp3) is 0.467. The summed E-state index contributed by atoms with van der Waals surface area (Å²) in [6, 6.07) is 10.1. The Morgan fingerprint density at radius 1 is 1.14 bits per heavy atom. The smallest absolute Gasteiger partial charge is 0.255 e. The second-order valence-corrected chi connectivity index (χ2v) is 12.4. The third kappa shape index (κ3) is 4.63. The molecule has 2 amide bonds. The van der Waals surface area contributed by atoms with Crippen LogP contribution in [0.5, 0.6) is 5.75 Å². The van der Waals surface area contributed by atoms with Gasteiger partial charge in [0.2, 0.25) is 11.7 Å². The van der Waals surface area contributed by atoms with Crippen LogP contribution in [0.25, 0.3) is 0 Å². The van der Waals surface area contributed by atoms with Crippen LogP contribution >= 0.6 is 0 Å². The molecule has 43 heavy (non-hydrogen) atoms. The Kier molecular flexibility index (Phi) is 6.77. The summed E-state index contributed by atoms with van der Waals surface area (Å²) >= 11 is 0. The number of nitrogens with one attached hydrogen (secondary N) is 3. The van der Waals surface area contributed by atoms with E-state index in [0.717, 1.165) is 23.1 Å². The number of benzene rings is 2. The van der Waals surface area contributed by atoms with Gasteiger partial charge in [-0.3, -0.25) is 9.59 Å². The van der Waals surface area contributed by atoms with E-state index in [1.165, 1.54) is 4.90 Å². The third-order valence-electron chi connectivity index (χ3n) is 9.06. The van der Waals surface area contributed by atoms with Crippen LogP contribution in [0.15, 0.2) is 52.4 Å². The number of aliphatic hydroxyl groups is 2. The molecule has 2 aromatic rings. The van der Waals surface area contributed by atoms with E-state index in [1.807, 2.05) is 37.3 Å². The molecule has 0 radical (unpaired) electrons. The molecule has 0 saturated carbocycles. The number of carbonyl (C=O) groups is 2. The molecule has 0 aliphatic carbocycles. The van der Waals surface area contributed by atoms with Crippen molar-refractivity contribution in [1.82, 2.24) is 20.9 Å². The molecule has 228 valence electrons. The van der Waals surface area contributed by atoms with Gasteiger partial charge in [-0.1, -0.05) is 55.8 Å². The number of ether oxygens (including phenoxy) is 1. The predicted molar refractivity (Wildman–Crippen MR) is 159 cm³/mol. The van der Waals surface area contributed by atoms with E-state index in [1.54, 1.807) is 12.1 Å². The van der Waals surface area contributed by atoms with Crippen molar-refractivity contribution in [2.75, 3.05) is 19.7 Å². The summed E-state index contributed by atoms with van der Waals surface area (Å²) in [4.78, 5) is 36.8. The number of aryl methyl sites for hydroxylation is 1. The molecule has 1 spiro atoms. The van der Waals surface area contributed by atoms with Crippen LogP contribution < -0.4 is 32.2 Å². The van der Waals surface area contributed by atoms with Gasteiger partial charge in [-0.25, -0.2) is 9.98 Å². The first-order valence-electron chi connectivity index (χ1n) is 14.4. The van der Waals surface area contributed by atoms with Crippen molar-refractivity contribution in [3.8, 4) is 5.75 Å². The van der Waals surface area contributed by atoms with Crippen LogP contribution in [-0.2, 0) is 16.6 Å². The number of amides is 2. The number of fused-ring (bicyclic) bond motifs is 1. The lowest BCUT2D eigenvalue weighted by molar-refractivity contribution is -0.230. The van der Waals surface area contributed by atoms with Crippen LogP contribution in [0.4, 0.5) is 0 Å². The maximum atomic E-state index is 13.6. The number of nitrogens with zero attached hydrogens (tertiary/aromatic N) is 3. The molecule has 13 nitrogen and oxygen atoms in total. The van der Waals surface area contributed by atoms with Gasteiger partial charge in [0.25, 0.3) is 5.91 Å². The van der Waals surface area contributed by atoms with Gasteiger partial charge in [-0.05, 0) is 30.4 Å². The molecule has 0 bridgehead atoms. The summed E-state index contributed by atoms with van der Waals surface area (Å²) in [6.45, 7) is 6.57. The molecule has 6 rings (SSSR count). The van der Waals surface area contributed by atoms with Crippen LogP contribution in [0.3, 0.4) is 0 Å². The Balaban J connectivity index is 1.22. The molecule has 0 aromatic heterocycles. The largest absolute Gasteiger partial charge is 0.492 e. The topological polar surface area (TPSA) is 200 Å². The van der Waals surface area contributed by atoms with Crippen molar-refractivity contribution >= 4 is 23.7 Å².